The summed E-state index contributed by atoms with van der Waals surface area (Å²) < 4.78 is 5.35. The van der Waals surface area contributed by atoms with Gasteiger partial charge in [0.2, 0.25) is 0 Å². The highest BCUT2D eigenvalue weighted by molar-refractivity contribution is 5.94. The minimum Gasteiger partial charge on any atom is -0.379 e. The summed E-state index contributed by atoms with van der Waals surface area (Å²) in [6.07, 6.45) is 3.37. The lowest BCUT2D eigenvalue weighted by Crippen LogP contribution is -2.37. The van der Waals surface area contributed by atoms with Crippen LogP contribution in [0.2, 0.25) is 0 Å². The molecule has 1 amide bonds. The lowest BCUT2D eigenvalue weighted by Gasteiger charge is -2.26. The molecule has 1 fully saturated rings. The first-order valence-electron chi connectivity index (χ1n) is 9.99. The fourth-order valence-corrected chi connectivity index (χ4v) is 3.56. The Morgan fingerprint density at radius 2 is 1.73 bits per heavy atom. The zero-order valence-corrected chi connectivity index (χ0v) is 16.6. The first kappa shape index (κ1) is 20.0. The molecule has 1 unspecified atom stereocenters. The lowest BCUT2D eigenvalue weighted by atomic mass is 9.99. The molecule has 3 heterocycles. The van der Waals surface area contributed by atoms with Gasteiger partial charge in [0, 0.05) is 37.7 Å². The topological polar surface area (TPSA) is 87.3 Å². The van der Waals surface area contributed by atoms with Crippen LogP contribution in [0.25, 0.3) is 0 Å². The summed E-state index contributed by atoms with van der Waals surface area (Å²) in [5.74, 6) is -0.417. The third-order valence-corrected chi connectivity index (χ3v) is 5.16. The van der Waals surface area contributed by atoms with Gasteiger partial charge in [0.05, 0.1) is 19.3 Å². The van der Waals surface area contributed by atoms with E-state index in [-0.39, 0.29) is 17.2 Å². The van der Waals surface area contributed by atoms with Crippen LogP contribution in [-0.2, 0) is 11.3 Å². The molecular formula is C23H24N4O3. The molecule has 0 aliphatic carbocycles. The SMILES string of the molecule is O=C(NC(c1ccccc1)c1ccncc1)c1ccc(CN2CCOCC2)[nH]c1=O. The Hall–Kier alpha value is -3.29. The highest BCUT2D eigenvalue weighted by Gasteiger charge is 2.20. The van der Waals surface area contributed by atoms with E-state index in [1.165, 1.54) is 0 Å². The molecule has 4 rings (SSSR count). The Morgan fingerprint density at radius 1 is 1.03 bits per heavy atom. The van der Waals surface area contributed by atoms with Crippen LogP contribution in [-0.4, -0.2) is 47.1 Å². The van der Waals surface area contributed by atoms with Crippen molar-refractivity contribution in [1.29, 1.82) is 0 Å². The Balaban J connectivity index is 1.53. The molecule has 30 heavy (non-hydrogen) atoms. The van der Waals surface area contributed by atoms with Crippen molar-refractivity contribution in [3.63, 3.8) is 0 Å². The predicted octanol–water partition coefficient (Wildman–Crippen LogP) is 2.12. The van der Waals surface area contributed by atoms with Gasteiger partial charge in [0.15, 0.2) is 0 Å². The van der Waals surface area contributed by atoms with Crippen LogP contribution < -0.4 is 10.9 Å². The number of carbonyl (C=O) groups is 1. The fourth-order valence-electron chi connectivity index (χ4n) is 3.56. The molecule has 7 heteroatoms. The van der Waals surface area contributed by atoms with Gasteiger partial charge in [0.1, 0.15) is 5.56 Å². The second-order valence-corrected chi connectivity index (χ2v) is 7.21. The zero-order chi connectivity index (χ0) is 20.8. The molecule has 154 valence electrons. The molecule has 0 radical (unpaired) electrons. The van der Waals surface area contributed by atoms with E-state index >= 15 is 0 Å². The van der Waals surface area contributed by atoms with Gasteiger partial charge in [-0.25, -0.2) is 0 Å². The molecule has 2 N–H and O–H groups in total. The van der Waals surface area contributed by atoms with Gasteiger partial charge in [-0.05, 0) is 35.4 Å². The summed E-state index contributed by atoms with van der Waals surface area (Å²) in [5, 5.41) is 2.99. The molecular weight excluding hydrogens is 380 g/mol. The van der Waals surface area contributed by atoms with E-state index in [0.29, 0.717) is 19.8 Å². The first-order chi connectivity index (χ1) is 14.7. The van der Waals surface area contributed by atoms with Crippen molar-refractivity contribution in [2.24, 2.45) is 0 Å². The molecule has 0 saturated carbocycles. The Labute approximate surface area is 174 Å². The normalized spacial score (nSPS) is 15.5. The standard InChI is InChI=1S/C23H24N4O3/c28-22-20(7-6-19(25-22)16-27-12-14-30-15-13-27)23(29)26-21(17-4-2-1-3-5-17)18-8-10-24-11-9-18/h1-11,21H,12-16H2,(H,25,28)(H,26,29). The van der Waals surface area contributed by atoms with Crippen molar-refractivity contribution >= 4 is 5.91 Å². The van der Waals surface area contributed by atoms with Crippen LogP contribution >= 0.6 is 0 Å². The number of amides is 1. The fraction of sp³-hybridized carbons (Fsp3) is 0.261. The maximum absolute atomic E-state index is 13.0. The third-order valence-electron chi connectivity index (χ3n) is 5.16. The van der Waals surface area contributed by atoms with Crippen LogP contribution in [0.1, 0.15) is 33.2 Å². The number of ether oxygens (including phenoxy) is 1. The summed E-state index contributed by atoms with van der Waals surface area (Å²) in [4.78, 5) is 34.7. The zero-order valence-electron chi connectivity index (χ0n) is 16.6. The molecule has 1 aliphatic heterocycles. The number of hydrogen-bond donors (Lipinski definition) is 2. The summed E-state index contributed by atoms with van der Waals surface area (Å²) in [7, 11) is 0. The highest BCUT2D eigenvalue weighted by Crippen LogP contribution is 2.21. The van der Waals surface area contributed by atoms with Crippen LogP contribution in [0, 0.1) is 0 Å². The van der Waals surface area contributed by atoms with Crippen molar-refractivity contribution in [2.75, 3.05) is 26.3 Å². The maximum atomic E-state index is 13.0. The quantitative estimate of drug-likeness (QED) is 0.657. The van der Waals surface area contributed by atoms with Crippen LogP contribution in [0.4, 0.5) is 0 Å². The van der Waals surface area contributed by atoms with E-state index < -0.39 is 5.91 Å². The van der Waals surface area contributed by atoms with Crippen molar-refractivity contribution in [3.05, 3.63) is 99.7 Å². The van der Waals surface area contributed by atoms with Gasteiger partial charge in [0.25, 0.3) is 11.5 Å². The second-order valence-electron chi connectivity index (χ2n) is 7.21. The number of benzene rings is 1. The number of nitrogens with one attached hydrogen (secondary N) is 2. The van der Waals surface area contributed by atoms with Crippen LogP contribution in [0.15, 0.2) is 71.8 Å². The minimum absolute atomic E-state index is 0.0933. The lowest BCUT2D eigenvalue weighted by molar-refractivity contribution is 0.0336. The second kappa shape index (κ2) is 9.47. The smallest absolute Gasteiger partial charge is 0.261 e. The Bertz CT molecular complexity index is 992. The first-order valence-corrected chi connectivity index (χ1v) is 9.99. The van der Waals surface area contributed by atoms with E-state index in [2.05, 4.69) is 20.2 Å². The Morgan fingerprint density at radius 3 is 2.43 bits per heavy atom. The number of pyridine rings is 2. The van der Waals surface area contributed by atoms with Crippen LogP contribution in [0.3, 0.4) is 0 Å². The molecule has 1 aliphatic rings. The number of hydrogen-bond acceptors (Lipinski definition) is 5. The van der Waals surface area contributed by atoms with Gasteiger partial charge in [-0.2, -0.15) is 0 Å². The van der Waals surface area contributed by atoms with Crippen molar-refractivity contribution < 1.29 is 9.53 Å². The van der Waals surface area contributed by atoms with E-state index in [1.54, 1.807) is 24.5 Å². The number of H-pyrrole nitrogens is 1. The number of carbonyl (C=O) groups excluding carboxylic acids is 1. The molecule has 0 spiro atoms. The Kier molecular flexibility index (Phi) is 6.32. The summed E-state index contributed by atoms with van der Waals surface area (Å²) in [6, 6.07) is 16.4. The van der Waals surface area contributed by atoms with Crippen molar-refractivity contribution in [3.8, 4) is 0 Å². The van der Waals surface area contributed by atoms with E-state index in [4.69, 9.17) is 4.74 Å². The van der Waals surface area contributed by atoms with Gasteiger partial charge in [-0.3, -0.25) is 19.5 Å². The van der Waals surface area contributed by atoms with E-state index in [9.17, 15) is 9.59 Å². The van der Waals surface area contributed by atoms with Crippen molar-refractivity contribution in [1.82, 2.24) is 20.2 Å². The minimum atomic E-state index is -0.417. The molecule has 1 atom stereocenters. The highest BCUT2D eigenvalue weighted by atomic mass is 16.5. The van der Waals surface area contributed by atoms with Gasteiger partial charge >= 0.3 is 0 Å². The van der Waals surface area contributed by atoms with Gasteiger partial charge in [-0.1, -0.05) is 30.3 Å². The molecule has 2 aromatic heterocycles. The average Bonchev–Trinajstić information content (AvgIpc) is 2.79. The molecule has 0 bridgehead atoms. The average molecular weight is 404 g/mol. The summed E-state index contributed by atoms with van der Waals surface area (Å²) >= 11 is 0. The van der Waals surface area contributed by atoms with Crippen molar-refractivity contribution in [2.45, 2.75) is 12.6 Å². The molecule has 1 saturated heterocycles. The number of aromatic nitrogens is 2. The molecule has 7 nitrogen and oxygen atoms in total. The number of aromatic amines is 1. The number of rotatable bonds is 6. The molecule has 3 aromatic rings. The van der Waals surface area contributed by atoms with E-state index in [0.717, 1.165) is 29.9 Å². The van der Waals surface area contributed by atoms with Gasteiger partial charge < -0.3 is 15.0 Å². The third kappa shape index (κ3) is 4.82. The maximum Gasteiger partial charge on any atom is 0.261 e. The monoisotopic (exact) mass is 404 g/mol. The largest absolute Gasteiger partial charge is 0.379 e. The number of morpholine rings is 1. The summed E-state index contributed by atoms with van der Waals surface area (Å²) in [6.45, 7) is 3.68. The van der Waals surface area contributed by atoms with Crippen LogP contribution in [0.5, 0.6) is 0 Å². The predicted molar refractivity (Wildman–Crippen MR) is 113 cm³/mol. The number of nitrogens with zero attached hydrogens (tertiary/aromatic N) is 2. The summed E-state index contributed by atoms with van der Waals surface area (Å²) in [5.41, 5.74) is 2.31. The van der Waals surface area contributed by atoms with E-state index in [1.807, 2.05) is 42.5 Å². The van der Waals surface area contributed by atoms with Gasteiger partial charge in [-0.15, -0.1) is 0 Å². The molecule has 1 aromatic carbocycles.